The van der Waals surface area contributed by atoms with Crippen LogP contribution in [0.2, 0.25) is 0 Å². The van der Waals surface area contributed by atoms with Crippen molar-refractivity contribution in [1.82, 2.24) is 5.32 Å². The van der Waals surface area contributed by atoms with Crippen LogP contribution in [0.1, 0.15) is 15.9 Å². The van der Waals surface area contributed by atoms with E-state index in [1.807, 2.05) is 0 Å². The third-order valence-corrected chi connectivity index (χ3v) is 2.08. The maximum atomic E-state index is 13.6. The third-order valence-electron chi connectivity index (χ3n) is 2.08. The van der Waals surface area contributed by atoms with Crippen LogP contribution in [-0.4, -0.2) is 29.4 Å². The van der Waals surface area contributed by atoms with Crippen molar-refractivity contribution in [3.05, 3.63) is 41.2 Å². The molecule has 1 aromatic rings. The number of carbonyl (C=O) groups is 3. The van der Waals surface area contributed by atoms with Crippen LogP contribution < -0.4 is 11.1 Å². The lowest BCUT2D eigenvalue weighted by molar-refractivity contribution is -0.131. The Morgan fingerprint density at radius 1 is 1.37 bits per heavy atom. The molecule has 19 heavy (non-hydrogen) atoms. The van der Waals surface area contributed by atoms with Gasteiger partial charge in [0.2, 0.25) is 5.91 Å². The van der Waals surface area contributed by atoms with Gasteiger partial charge in [-0.25, -0.2) is 9.18 Å². The monoisotopic (exact) mass is 266 g/mol. The van der Waals surface area contributed by atoms with E-state index >= 15 is 0 Å². The van der Waals surface area contributed by atoms with Gasteiger partial charge in [-0.3, -0.25) is 9.59 Å². The normalized spacial score (nSPS) is 10.4. The Bertz CT molecular complexity index is 555. The highest BCUT2D eigenvalue weighted by molar-refractivity contribution is 5.96. The second-order valence-electron chi connectivity index (χ2n) is 3.56. The molecule has 0 saturated heterocycles. The van der Waals surface area contributed by atoms with Gasteiger partial charge in [-0.2, -0.15) is 0 Å². The molecular weight excluding hydrogens is 255 g/mol. The topological polar surface area (TPSA) is 109 Å². The van der Waals surface area contributed by atoms with Crippen molar-refractivity contribution in [3.8, 4) is 0 Å². The molecule has 0 heterocycles. The quantitative estimate of drug-likeness (QED) is 0.658. The summed E-state index contributed by atoms with van der Waals surface area (Å²) in [5.74, 6) is -3.50. The van der Waals surface area contributed by atoms with Crippen molar-refractivity contribution >= 4 is 23.9 Å². The third kappa shape index (κ3) is 4.58. The van der Waals surface area contributed by atoms with Crippen LogP contribution in [0, 0.1) is 5.82 Å². The number of hydrogen-bond donors (Lipinski definition) is 3. The predicted molar refractivity (Wildman–Crippen MR) is 64.6 cm³/mol. The van der Waals surface area contributed by atoms with E-state index in [2.05, 4.69) is 5.32 Å². The molecule has 0 aliphatic carbocycles. The van der Waals surface area contributed by atoms with Gasteiger partial charge in [-0.05, 0) is 23.8 Å². The van der Waals surface area contributed by atoms with Crippen molar-refractivity contribution < 1.29 is 23.9 Å². The molecule has 0 radical (unpaired) electrons. The van der Waals surface area contributed by atoms with Crippen molar-refractivity contribution in [2.24, 2.45) is 5.73 Å². The number of nitrogens with one attached hydrogen (secondary N) is 1. The fraction of sp³-hybridized carbons (Fsp3) is 0.0833. The number of rotatable bonds is 5. The number of primary amides is 1. The van der Waals surface area contributed by atoms with Gasteiger partial charge in [0.25, 0.3) is 5.91 Å². The van der Waals surface area contributed by atoms with E-state index in [4.69, 9.17) is 10.8 Å². The molecule has 0 spiro atoms. The Hall–Kier alpha value is -2.70. The first-order chi connectivity index (χ1) is 8.90. The van der Waals surface area contributed by atoms with Crippen LogP contribution >= 0.6 is 0 Å². The average Bonchev–Trinajstić information content (AvgIpc) is 2.33. The van der Waals surface area contributed by atoms with E-state index < -0.39 is 23.6 Å². The lowest BCUT2D eigenvalue weighted by Crippen LogP contribution is -2.33. The van der Waals surface area contributed by atoms with Gasteiger partial charge in [0.1, 0.15) is 5.82 Å². The van der Waals surface area contributed by atoms with Gasteiger partial charge in [0.15, 0.2) is 0 Å². The summed E-state index contributed by atoms with van der Waals surface area (Å²) >= 11 is 0. The maximum Gasteiger partial charge on any atom is 0.328 e. The number of halogens is 1. The molecular formula is C12H11FN2O4. The number of carbonyl (C=O) groups excluding carboxylic acids is 2. The van der Waals surface area contributed by atoms with Crippen LogP contribution in [0.25, 0.3) is 6.08 Å². The molecule has 0 atom stereocenters. The van der Waals surface area contributed by atoms with Gasteiger partial charge < -0.3 is 16.2 Å². The standard InChI is InChI=1S/C12H11FN2O4/c13-9-5-7(2-4-11(17)18)1-3-8(9)12(19)15-6-10(14)16/h1-5H,6H2,(H2,14,16)(H,15,19)(H,17,18). The van der Waals surface area contributed by atoms with Gasteiger partial charge in [0, 0.05) is 6.08 Å². The predicted octanol–water partition coefficient (Wildman–Crippen LogP) is 0.139. The molecule has 1 rings (SSSR count). The lowest BCUT2D eigenvalue weighted by atomic mass is 10.1. The number of nitrogens with two attached hydrogens (primary N) is 1. The Labute approximate surface area is 107 Å². The van der Waals surface area contributed by atoms with E-state index in [9.17, 15) is 18.8 Å². The molecule has 4 N–H and O–H groups in total. The first kappa shape index (κ1) is 14.4. The number of carboxylic acids is 1. The summed E-state index contributed by atoms with van der Waals surface area (Å²) in [5, 5.41) is 10.6. The molecule has 100 valence electrons. The minimum absolute atomic E-state index is 0.256. The van der Waals surface area contributed by atoms with Crippen molar-refractivity contribution in [1.29, 1.82) is 0 Å². The molecule has 0 aliphatic rings. The second-order valence-corrected chi connectivity index (χ2v) is 3.56. The number of amides is 2. The summed E-state index contributed by atoms with van der Waals surface area (Å²) in [4.78, 5) is 32.2. The number of hydrogen-bond acceptors (Lipinski definition) is 3. The Morgan fingerprint density at radius 3 is 2.58 bits per heavy atom. The molecule has 0 aliphatic heterocycles. The second kappa shape index (κ2) is 6.29. The maximum absolute atomic E-state index is 13.6. The average molecular weight is 266 g/mol. The van der Waals surface area contributed by atoms with Crippen LogP contribution in [0.3, 0.4) is 0 Å². The van der Waals surface area contributed by atoms with E-state index in [1.54, 1.807) is 0 Å². The molecule has 0 saturated carbocycles. The zero-order chi connectivity index (χ0) is 14.4. The Morgan fingerprint density at radius 2 is 2.05 bits per heavy atom. The number of carboxylic acid groups (broad SMARTS) is 1. The smallest absolute Gasteiger partial charge is 0.328 e. The van der Waals surface area contributed by atoms with Crippen LogP contribution in [0.5, 0.6) is 0 Å². The van der Waals surface area contributed by atoms with Gasteiger partial charge in [-0.1, -0.05) is 6.07 Å². The van der Waals surface area contributed by atoms with Crippen molar-refractivity contribution in [3.63, 3.8) is 0 Å². The molecule has 0 aromatic heterocycles. The van der Waals surface area contributed by atoms with E-state index in [0.717, 1.165) is 12.1 Å². The van der Waals surface area contributed by atoms with Crippen LogP contribution in [-0.2, 0) is 9.59 Å². The molecule has 0 bridgehead atoms. The van der Waals surface area contributed by atoms with E-state index in [1.165, 1.54) is 18.2 Å². The highest BCUT2D eigenvalue weighted by Gasteiger charge is 2.12. The summed E-state index contributed by atoms with van der Waals surface area (Å²) < 4.78 is 13.6. The summed E-state index contributed by atoms with van der Waals surface area (Å²) in [5.41, 5.74) is 4.88. The molecule has 6 nitrogen and oxygen atoms in total. The van der Waals surface area contributed by atoms with Crippen molar-refractivity contribution in [2.75, 3.05) is 6.54 Å². The summed E-state index contributed by atoms with van der Waals surface area (Å²) in [6.45, 7) is -0.390. The van der Waals surface area contributed by atoms with E-state index in [-0.39, 0.29) is 12.1 Å². The highest BCUT2D eigenvalue weighted by atomic mass is 19.1. The SMILES string of the molecule is NC(=O)CNC(=O)c1ccc(C=CC(=O)O)cc1F. The summed E-state index contributed by atoms with van der Waals surface area (Å²) in [6, 6.07) is 3.58. The Kier molecular flexibility index (Phi) is 4.76. The molecule has 7 heteroatoms. The molecule has 1 aromatic carbocycles. The zero-order valence-electron chi connectivity index (χ0n) is 9.72. The molecule has 0 unspecified atom stereocenters. The zero-order valence-corrected chi connectivity index (χ0v) is 9.72. The fourth-order valence-electron chi connectivity index (χ4n) is 1.25. The van der Waals surface area contributed by atoms with E-state index in [0.29, 0.717) is 5.56 Å². The largest absolute Gasteiger partial charge is 0.478 e. The first-order valence-corrected chi connectivity index (χ1v) is 5.17. The number of benzene rings is 1. The first-order valence-electron chi connectivity index (χ1n) is 5.17. The minimum atomic E-state index is -1.16. The summed E-state index contributed by atoms with van der Waals surface area (Å²) in [6.07, 6.45) is 2.04. The van der Waals surface area contributed by atoms with Crippen molar-refractivity contribution in [2.45, 2.75) is 0 Å². The number of aliphatic carboxylic acids is 1. The van der Waals surface area contributed by atoms with Gasteiger partial charge in [-0.15, -0.1) is 0 Å². The molecule has 0 fully saturated rings. The Balaban J connectivity index is 2.85. The lowest BCUT2D eigenvalue weighted by Gasteiger charge is -2.04. The fourth-order valence-corrected chi connectivity index (χ4v) is 1.25. The molecule has 2 amide bonds. The van der Waals surface area contributed by atoms with Gasteiger partial charge in [0.05, 0.1) is 12.1 Å². The van der Waals surface area contributed by atoms with Crippen LogP contribution in [0.15, 0.2) is 24.3 Å². The minimum Gasteiger partial charge on any atom is -0.478 e. The van der Waals surface area contributed by atoms with Gasteiger partial charge >= 0.3 is 5.97 Å². The van der Waals surface area contributed by atoms with Crippen LogP contribution in [0.4, 0.5) is 4.39 Å². The summed E-state index contributed by atoms with van der Waals surface area (Å²) in [7, 11) is 0. The highest BCUT2D eigenvalue weighted by Crippen LogP contribution is 2.11.